The van der Waals surface area contributed by atoms with Crippen molar-refractivity contribution in [2.75, 3.05) is 0 Å². The normalized spacial score (nSPS) is 11.4. The monoisotopic (exact) mass is 355 g/mol. The topological polar surface area (TPSA) is 53.1 Å². The molecule has 1 heterocycles. The first-order chi connectivity index (χ1) is 13.4. The first-order valence-corrected chi connectivity index (χ1v) is 8.88. The predicted molar refractivity (Wildman–Crippen MR) is 106 cm³/mol. The molecule has 0 aliphatic rings. The van der Waals surface area contributed by atoms with E-state index in [2.05, 4.69) is 82.3 Å². The lowest BCUT2D eigenvalue weighted by Crippen LogP contribution is -2.38. The van der Waals surface area contributed by atoms with Crippen molar-refractivity contribution in [3.8, 4) is 0 Å². The molecule has 4 nitrogen and oxygen atoms in total. The van der Waals surface area contributed by atoms with Gasteiger partial charge in [-0.05, 0) is 16.7 Å². The maximum atomic E-state index is 5.39. The van der Waals surface area contributed by atoms with Crippen LogP contribution in [0, 0.1) is 0 Å². The van der Waals surface area contributed by atoms with Crippen LogP contribution in [0.2, 0.25) is 0 Å². The Bertz CT molecular complexity index is 885. The highest BCUT2D eigenvalue weighted by molar-refractivity contribution is 5.51. The SMILES string of the molecule is NOCc1nccn1C(c1ccccc1)(c1ccccc1)c1ccccc1. The molecule has 4 aromatic rings. The van der Waals surface area contributed by atoms with Gasteiger partial charge in [-0.1, -0.05) is 91.0 Å². The molecule has 3 aromatic carbocycles. The second-order valence-electron chi connectivity index (χ2n) is 6.33. The van der Waals surface area contributed by atoms with Gasteiger partial charge in [0.05, 0.1) is 0 Å². The zero-order valence-electron chi connectivity index (χ0n) is 14.9. The Balaban J connectivity index is 2.12. The Labute approximate surface area is 158 Å². The third-order valence-electron chi connectivity index (χ3n) is 4.87. The van der Waals surface area contributed by atoms with Crippen molar-refractivity contribution in [2.45, 2.75) is 12.1 Å². The Hall–Kier alpha value is -3.21. The molecule has 0 radical (unpaired) electrons. The summed E-state index contributed by atoms with van der Waals surface area (Å²) in [5.74, 6) is 6.15. The maximum absolute atomic E-state index is 5.39. The first kappa shape index (κ1) is 17.2. The van der Waals surface area contributed by atoms with Gasteiger partial charge in [-0.2, -0.15) is 0 Å². The van der Waals surface area contributed by atoms with Crippen LogP contribution in [-0.2, 0) is 17.0 Å². The fourth-order valence-electron chi connectivity index (χ4n) is 3.78. The maximum Gasteiger partial charge on any atom is 0.138 e. The van der Waals surface area contributed by atoms with Gasteiger partial charge in [0.1, 0.15) is 18.0 Å². The van der Waals surface area contributed by atoms with Gasteiger partial charge < -0.3 is 4.57 Å². The van der Waals surface area contributed by atoms with E-state index < -0.39 is 5.54 Å². The van der Waals surface area contributed by atoms with Gasteiger partial charge in [-0.3, -0.25) is 4.84 Å². The Morgan fingerprint density at radius 1 is 0.741 bits per heavy atom. The molecule has 0 aliphatic heterocycles. The van der Waals surface area contributed by atoms with E-state index in [1.807, 2.05) is 24.4 Å². The highest BCUT2D eigenvalue weighted by Crippen LogP contribution is 2.41. The van der Waals surface area contributed by atoms with Gasteiger partial charge in [0.15, 0.2) is 0 Å². The van der Waals surface area contributed by atoms with Gasteiger partial charge in [0.25, 0.3) is 0 Å². The second kappa shape index (κ2) is 7.58. The van der Waals surface area contributed by atoms with Crippen molar-refractivity contribution in [2.24, 2.45) is 5.90 Å². The quantitative estimate of drug-likeness (QED) is 0.418. The van der Waals surface area contributed by atoms with Crippen LogP contribution < -0.4 is 5.90 Å². The van der Waals surface area contributed by atoms with Crippen LogP contribution in [0.3, 0.4) is 0 Å². The van der Waals surface area contributed by atoms with Crippen LogP contribution in [-0.4, -0.2) is 9.55 Å². The minimum atomic E-state index is -0.589. The molecule has 0 fully saturated rings. The smallest absolute Gasteiger partial charge is 0.138 e. The average Bonchev–Trinajstić information content (AvgIpc) is 3.20. The van der Waals surface area contributed by atoms with Crippen LogP contribution in [0.4, 0.5) is 0 Å². The van der Waals surface area contributed by atoms with Crippen LogP contribution in [0.15, 0.2) is 103 Å². The van der Waals surface area contributed by atoms with Crippen LogP contribution >= 0.6 is 0 Å². The van der Waals surface area contributed by atoms with Crippen molar-refractivity contribution >= 4 is 0 Å². The summed E-state index contributed by atoms with van der Waals surface area (Å²) in [5, 5.41) is 0. The molecule has 0 bridgehead atoms. The number of aromatic nitrogens is 2. The minimum Gasteiger partial charge on any atom is -0.314 e. The van der Waals surface area contributed by atoms with Gasteiger partial charge >= 0.3 is 0 Å². The molecular weight excluding hydrogens is 334 g/mol. The molecule has 0 saturated carbocycles. The van der Waals surface area contributed by atoms with Gasteiger partial charge in [-0.25, -0.2) is 10.9 Å². The van der Waals surface area contributed by atoms with Crippen molar-refractivity contribution in [3.05, 3.63) is 126 Å². The molecule has 0 amide bonds. The van der Waals surface area contributed by atoms with E-state index in [-0.39, 0.29) is 6.61 Å². The predicted octanol–water partition coefficient (Wildman–Crippen LogP) is 4.11. The number of hydrogen-bond acceptors (Lipinski definition) is 3. The summed E-state index contributed by atoms with van der Waals surface area (Å²) in [5.41, 5.74) is 2.82. The number of nitrogens with two attached hydrogens (primary N) is 1. The van der Waals surface area contributed by atoms with E-state index in [4.69, 9.17) is 10.7 Å². The fourth-order valence-corrected chi connectivity index (χ4v) is 3.78. The summed E-state index contributed by atoms with van der Waals surface area (Å²) in [6, 6.07) is 31.3. The van der Waals surface area contributed by atoms with Crippen LogP contribution in [0.5, 0.6) is 0 Å². The molecule has 1 aromatic heterocycles. The molecule has 0 unspecified atom stereocenters. The number of rotatable bonds is 6. The summed E-state index contributed by atoms with van der Waals surface area (Å²) < 4.78 is 2.15. The number of nitrogens with zero attached hydrogens (tertiary/aromatic N) is 2. The third-order valence-corrected chi connectivity index (χ3v) is 4.87. The lowest BCUT2D eigenvalue weighted by Gasteiger charge is -2.38. The second-order valence-corrected chi connectivity index (χ2v) is 6.33. The van der Waals surface area contributed by atoms with E-state index in [0.29, 0.717) is 0 Å². The summed E-state index contributed by atoms with van der Waals surface area (Å²) in [7, 11) is 0. The van der Waals surface area contributed by atoms with Crippen molar-refractivity contribution in [3.63, 3.8) is 0 Å². The number of hydrogen-bond donors (Lipinski definition) is 1. The summed E-state index contributed by atoms with van der Waals surface area (Å²) in [4.78, 5) is 9.45. The Morgan fingerprint density at radius 2 is 1.19 bits per heavy atom. The minimum absolute atomic E-state index is 0.223. The van der Waals surface area contributed by atoms with Gasteiger partial charge in [0, 0.05) is 12.4 Å². The summed E-state index contributed by atoms with van der Waals surface area (Å²) in [6.45, 7) is 0.223. The fraction of sp³-hybridized carbons (Fsp3) is 0.0870. The molecule has 2 N–H and O–H groups in total. The van der Waals surface area contributed by atoms with E-state index in [9.17, 15) is 0 Å². The molecule has 4 rings (SSSR count). The zero-order chi connectivity index (χ0) is 18.5. The van der Waals surface area contributed by atoms with E-state index in [0.717, 1.165) is 22.5 Å². The molecular formula is C23H21N3O. The number of benzene rings is 3. The molecule has 27 heavy (non-hydrogen) atoms. The zero-order valence-corrected chi connectivity index (χ0v) is 14.9. The molecule has 4 heteroatoms. The van der Waals surface area contributed by atoms with E-state index in [1.165, 1.54) is 0 Å². The van der Waals surface area contributed by atoms with Crippen LogP contribution in [0.25, 0.3) is 0 Å². The van der Waals surface area contributed by atoms with Gasteiger partial charge in [0.2, 0.25) is 0 Å². The summed E-state index contributed by atoms with van der Waals surface area (Å²) in [6.07, 6.45) is 3.78. The number of imidazole rings is 1. The lowest BCUT2D eigenvalue weighted by atomic mass is 9.76. The largest absolute Gasteiger partial charge is 0.314 e. The molecule has 0 spiro atoms. The molecule has 0 saturated heterocycles. The average molecular weight is 355 g/mol. The van der Waals surface area contributed by atoms with E-state index in [1.54, 1.807) is 6.20 Å². The molecule has 0 atom stereocenters. The van der Waals surface area contributed by atoms with Crippen molar-refractivity contribution in [1.82, 2.24) is 9.55 Å². The highest BCUT2D eigenvalue weighted by atomic mass is 16.6. The van der Waals surface area contributed by atoms with Crippen molar-refractivity contribution in [1.29, 1.82) is 0 Å². The van der Waals surface area contributed by atoms with Crippen LogP contribution in [0.1, 0.15) is 22.5 Å². The summed E-state index contributed by atoms with van der Waals surface area (Å²) >= 11 is 0. The molecule has 0 aliphatic carbocycles. The highest BCUT2D eigenvalue weighted by Gasteiger charge is 2.39. The third kappa shape index (κ3) is 2.95. The standard InChI is InChI=1S/C23H21N3O/c24-27-18-22-25-16-17-26(22)23(19-10-4-1-5-11-19,20-12-6-2-7-13-20)21-14-8-3-9-15-21/h1-17H,18,24H2. The van der Waals surface area contributed by atoms with Gasteiger partial charge in [-0.15, -0.1) is 0 Å². The first-order valence-electron chi connectivity index (χ1n) is 8.88. The Kier molecular flexibility index (Phi) is 4.83. The molecule has 134 valence electrons. The van der Waals surface area contributed by atoms with E-state index >= 15 is 0 Å². The lowest BCUT2D eigenvalue weighted by molar-refractivity contribution is 0.114. The Morgan fingerprint density at radius 3 is 1.59 bits per heavy atom. The van der Waals surface area contributed by atoms with Crippen molar-refractivity contribution < 1.29 is 4.84 Å².